The molecule has 5 amide bonds. The molecule has 3 aliphatic rings. The molecule has 0 saturated carbocycles. The van der Waals surface area contributed by atoms with Crippen molar-refractivity contribution in [2.45, 2.75) is 65.2 Å². The van der Waals surface area contributed by atoms with Crippen LogP contribution >= 0.6 is 0 Å². The number of phenols is 1. The maximum absolute atomic E-state index is 13.9. The Morgan fingerprint density at radius 1 is 0.425 bits per heavy atom. The lowest BCUT2D eigenvalue weighted by atomic mass is 9.94. The molecule has 568 valence electrons. The van der Waals surface area contributed by atoms with Crippen molar-refractivity contribution >= 4 is 68.2 Å². The van der Waals surface area contributed by atoms with Crippen molar-refractivity contribution in [3.63, 3.8) is 0 Å². The third-order valence-electron chi connectivity index (χ3n) is 19.7. The van der Waals surface area contributed by atoms with Crippen LogP contribution in [0.2, 0.25) is 0 Å². The van der Waals surface area contributed by atoms with Gasteiger partial charge in [-0.2, -0.15) is 0 Å². The molecule has 3 aliphatic heterocycles. The van der Waals surface area contributed by atoms with Crippen molar-refractivity contribution in [1.82, 2.24) is 50.3 Å². The van der Waals surface area contributed by atoms with E-state index in [2.05, 4.69) is 30.6 Å². The van der Waals surface area contributed by atoms with E-state index in [4.69, 9.17) is 23.9 Å². The number of carboxylic acid groups (broad SMARTS) is 1. The largest absolute Gasteiger partial charge is 0.505 e. The molecule has 0 unspecified atom stereocenters. The zero-order valence-corrected chi connectivity index (χ0v) is 61.9. The molecule has 0 saturated heterocycles. The SMILES string of the molecule is CN1Cc2c(c(O)c3ncc(Cc4ccc(F)cc4)cc3c2C(=O)NCc2ccccn2)C1=O.COc1ccc(COc2c3c(c(C(=O)NCc4ccccn4)c4cc(Cc5ccc(F)cc5)cnc24)CN(C)C3=O)cc1.COc1ccc(COc2c3c(c(C(=O)O)c4cc(Cc5ccc(F)cc5)cnc24)CN(C)C3=O)cc1. The predicted octanol–water partition coefficient (Wildman–Crippen LogP) is 13.9. The number of pyridine rings is 5. The van der Waals surface area contributed by atoms with Crippen LogP contribution in [0.5, 0.6) is 28.7 Å². The first-order chi connectivity index (χ1) is 54.7. The molecule has 0 spiro atoms. The van der Waals surface area contributed by atoms with Gasteiger partial charge < -0.3 is 54.5 Å². The Balaban J connectivity index is 0.000000142. The number of hydrogen-bond donors (Lipinski definition) is 4. The lowest BCUT2D eigenvalue weighted by Gasteiger charge is -2.18. The van der Waals surface area contributed by atoms with E-state index in [1.54, 1.807) is 132 Å². The minimum absolute atomic E-state index is 0.0444. The predicted molar refractivity (Wildman–Crippen MR) is 414 cm³/mol. The average molecular weight is 1520 g/mol. The van der Waals surface area contributed by atoms with E-state index in [9.17, 15) is 52.2 Å². The number of carboxylic acids is 1. The van der Waals surface area contributed by atoms with Crippen molar-refractivity contribution < 1.29 is 71.1 Å². The molecule has 16 rings (SSSR count). The van der Waals surface area contributed by atoms with Gasteiger partial charge in [0.05, 0.1) is 72.1 Å². The van der Waals surface area contributed by atoms with Crippen LogP contribution in [0.1, 0.15) is 135 Å². The van der Waals surface area contributed by atoms with Crippen molar-refractivity contribution in [2.75, 3.05) is 35.4 Å². The maximum Gasteiger partial charge on any atom is 0.336 e. The smallest absolute Gasteiger partial charge is 0.336 e. The first-order valence-electron chi connectivity index (χ1n) is 35.9. The highest BCUT2D eigenvalue weighted by atomic mass is 19.1. The number of halogens is 3. The minimum atomic E-state index is -1.14. The van der Waals surface area contributed by atoms with Crippen molar-refractivity contribution in [3.8, 4) is 28.7 Å². The van der Waals surface area contributed by atoms with E-state index in [0.717, 1.165) is 50.3 Å². The van der Waals surface area contributed by atoms with E-state index >= 15 is 0 Å². The molecular weight excluding hydrogens is 1450 g/mol. The van der Waals surface area contributed by atoms with Gasteiger partial charge in [0, 0.05) is 105 Å². The standard InChI is InChI=1S/C34H29FN4O4.C28H23FN2O5.C26H21FN4O3/c1-39-19-28-29(33(40)38-18-25-5-3-4-14-36-25)27-16-23(15-21-6-10-24(35)11-7-21)17-37-31(27)32(30(28)34(39)41)43-20-22-8-12-26(42-2)13-9-22;1-31-14-22-23(28(33)34)21-12-18(11-16-3-7-19(29)8-4-16)13-30-25(21)26(24(22)27(31)32)36-15-17-5-9-20(35-2)10-6-17;1-31-14-20-21(25(33)30-13-18-4-2-3-9-28-18)19-11-16(10-15-5-7-17(27)8-6-15)12-29-23(19)24(32)22(20)26(31)34/h3-14,16-17H,15,18-20H2,1-2H3,(H,38,40);3-10,12-13H,11,14-15H2,1-2H3,(H,33,34);2-9,11-12,32H,10,13-14H2,1H3,(H,30,33). The molecule has 0 atom stereocenters. The summed E-state index contributed by atoms with van der Waals surface area (Å²) in [6.07, 6.45) is 9.64. The summed E-state index contributed by atoms with van der Waals surface area (Å²) in [6, 6.07) is 49.8. The normalized spacial score (nSPS) is 12.6. The number of carbonyl (C=O) groups is 6. The van der Waals surface area contributed by atoms with Gasteiger partial charge in [0.15, 0.2) is 17.2 Å². The average Bonchev–Trinajstić information content (AvgIpc) is 1.65. The zero-order valence-electron chi connectivity index (χ0n) is 61.9. The monoisotopic (exact) mass is 1520 g/mol. The summed E-state index contributed by atoms with van der Waals surface area (Å²) in [5.74, 6) is -1.90. The number of benzene rings is 8. The number of fused-ring (bicyclic) bond motifs is 6. The van der Waals surface area contributed by atoms with Crippen molar-refractivity contribution in [2.24, 2.45) is 0 Å². The topological polar surface area (TPSA) is 278 Å². The second kappa shape index (κ2) is 33.0. The molecule has 25 heteroatoms. The Hall–Kier alpha value is -14.1. The number of methoxy groups -OCH3 is 2. The number of aromatic nitrogens is 5. The molecular formula is C88H73F3N10O12. The second-order valence-electron chi connectivity index (χ2n) is 27.4. The lowest BCUT2D eigenvalue weighted by molar-refractivity contribution is 0.0694. The number of carbonyl (C=O) groups excluding carboxylic acids is 5. The summed E-state index contributed by atoms with van der Waals surface area (Å²) in [6.45, 7) is 1.39. The van der Waals surface area contributed by atoms with Gasteiger partial charge in [-0.25, -0.2) is 18.0 Å². The van der Waals surface area contributed by atoms with Gasteiger partial charge >= 0.3 is 5.97 Å². The van der Waals surface area contributed by atoms with Gasteiger partial charge in [-0.1, -0.05) is 72.8 Å². The molecule has 22 nitrogen and oxygen atoms in total. The number of ether oxygens (including phenoxy) is 4. The highest BCUT2D eigenvalue weighted by Gasteiger charge is 2.39. The Bertz CT molecular complexity index is 5850. The molecule has 0 bridgehead atoms. The van der Waals surface area contributed by atoms with Crippen LogP contribution in [0.4, 0.5) is 13.2 Å². The molecule has 8 aromatic carbocycles. The van der Waals surface area contributed by atoms with E-state index in [1.165, 1.54) is 46.2 Å². The van der Waals surface area contributed by atoms with Crippen LogP contribution in [-0.2, 0) is 65.2 Å². The Morgan fingerprint density at radius 3 is 1.12 bits per heavy atom. The number of phenolic OH excluding ortho intramolecular Hbond substituents is 1. The number of amides is 5. The van der Waals surface area contributed by atoms with Crippen LogP contribution in [0.3, 0.4) is 0 Å². The summed E-state index contributed by atoms with van der Waals surface area (Å²) < 4.78 is 63.1. The first-order valence-corrected chi connectivity index (χ1v) is 35.9. The Labute approximate surface area is 646 Å². The number of nitrogens with one attached hydrogen (secondary N) is 2. The number of aromatic carboxylic acids is 1. The number of nitrogens with zero attached hydrogens (tertiary/aromatic N) is 8. The van der Waals surface area contributed by atoms with Gasteiger partial charge in [-0.05, 0) is 167 Å². The fraction of sp³-hybridized carbons (Fsp3) is 0.170. The molecule has 8 heterocycles. The Morgan fingerprint density at radius 2 is 0.761 bits per heavy atom. The molecule has 4 N–H and O–H groups in total. The minimum Gasteiger partial charge on any atom is -0.505 e. The summed E-state index contributed by atoms with van der Waals surface area (Å²) in [5.41, 5.74) is 11.9. The molecule has 0 aliphatic carbocycles. The third-order valence-corrected chi connectivity index (χ3v) is 19.7. The summed E-state index contributed by atoms with van der Waals surface area (Å²) in [7, 11) is 8.13. The van der Waals surface area contributed by atoms with Crippen LogP contribution in [0.15, 0.2) is 207 Å². The molecule has 5 aromatic heterocycles. The molecule has 0 fully saturated rings. The van der Waals surface area contributed by atoms with Crippen LogP contribution in [0, 0.1) is 17.5 Å². The maximum atomic E-state index is 13.9. The highest BCUT2D eigenvalue weighted by Crippen LogP contribution is 2.44. The Kier molecular flexibility index (Phi) is 22.1. The number of hydrogen-bond acceptors (Lipinski definition) is 16. The van der Waals surface area contributed by atoms with Crippen LogP contribution in [-0.4, -0.2) is 121 Å². The fourth-order valence-electron chi connectivity index (χ4n) is 14.1. The van der Waals surface area contributed by atoms with Gasteiger partial charge in [0.2, 0.25) is 0 Å². The van der Waals surface area contributed by atoms with E-state index in [1.807, 2.05) is 78.9 Å². The van der Waals surface area contributed by atoms with Crippen LogP contribution in [0.25, 0.3) is 32.7 Å². The number of rotatable bonds is 21. The molecule has 13 aromatic rings. The van der Waals surface area contributed by atoms with Gasteiger partial charge in [0.1, 0.15) is 58.7 Å². The molecule has 0 radical (unpaired) electrons. The first kappa shape index (κ1) is 75.7. The highest BCUT2D eigenvalue weighted by molar-refractivity contribution is 6.18. The van der Waals surface area contributed by atoms with E-state index < -0.39 is 5.97 Å². The third kappa shape index (κ3) is 16.3. The summed E-state index contributed by atoms with van der Waals surface area (Å²) in [5, 5.41) is 28.3. The second-order valence-corrected chi connectivity index (χ2v) is 27.4. The summed E-state index contributed by atoms with van der Waals surface area (Å²) in [4.78, 5) is 106. The van der Waals surface area contributed by atoms with Gasteiger partial charge in [-0.15, -0.1) is 0 Å². The zero-order chi connectivity index (χ0) is 79.1. The van der Waals surface area contributed by atoms with Gasteiger partial charge in [-0.3, -0.25) is 48.9 Å². The quantitative estimate of drug-likeness (QED) is 0.0520. The molecule has 113 heavy (non-hydrogen) atoms. The van der Waals surface area contributed by atoms with E-state index in [-0.39, 0.29) is 127 Å². The number of aromatic hydroxyl groups is 1. The fourth-order valence-corrected chi connectivity index (χ4v) is 14.1. The van der Waals surface area contributed by atoms with Gasteiger partial charge in [0.25, 0.3) is 29.5 Å². The van der Waals surface area contributed by atoms with E-state index in [0.29, 0.717) is 103 Å². The lowest BCUT2D eigenvalue weighted by Crippen LogP contribution is -2.25. The van der Waals surface area contributed by atoms with Crippen molar-refractivity contribution in [3.05, 3.63) is 330 Å². The van der Waals surface area contributed by atoms with Crippen molar-refractivity contribution in [1.29, 1.82) is 0 Å². The van der Waals surface area contributed by atoms with Crippen LogP contribution < -0.4 is 29.6 Å². The summed E-state index contributed by atoms with van der Waals surface area (Å²) >= 11 is 0.